The maximum absolute atomic E-state index is 13.0. The second kappa shape index (κ2) is 6.25. The monoisotopic (exact) mass is 353 g/mol. The fourth-order valence-electron chi connectivity index (χ4n) is 3.73. The molecule has 0 radical (unpaired) electrons. The largest absolute Gasteiger partial charge is 0.393 e. The second-order valence-corrected chi connectivity index (χ2v) is 7.28. The van der Waals surface area contributed by atoms with Crippen LogP contribution in [0.25, 0.3) is 10.9 Å². The van der Waals surface area contributed by atoms with Crippen LogP contribution in [0.4, 0.5) is 0 Å². The van der Waals surface area contributed by atoms with Crippen molar-refractivity contribution in [3.05, 3.63) is 47.4 Å². The molecule has 1 saturated carbocycles. The zero-order chi connectivity index (χ0) is 18.4. The van der Waals surface area contributed by atoms with Gasteiger partial charge in [-0.1, -0.05) is 11.6 Å². The number of fused-ring (bicyclic) bond motifs is 1. The quantitative estimate of drug-likeness (QED) is 0.750. The number of carbonyl (C=O) groups is 1. The molecule has 3 aromatic rings. The number of rotatable bonds is 4. The molecular formula is C19H23N5O2. The van der Waals surface area contributed by atoms with E-state index in [1.165, 1.54) is 0 Å². The van der Waals surface area contributed by atoms with Gasteiger partial charge in [0.1, 0.15) is 0 Å². The molecule has 0 aliphatic heterocycles. The van der Waals surface area contributed by atoms with Gasteiger partial charge in [0.2, 0.25) is 0 Å². The Morgan fingerprint density at radius 3 is 2.77 bits per heavy atom. The molecule has 0 spiro atoms. The van der Waals surface area contributed by atoms with Gasteiger partial charge in [-0.15, -0.1) is 0 Å². The Kier molecular flexibility index (Phi) is 4.03. The van der Waals surface area contributed by atoms with E-state index in [0.717, 1.165) is 22.0 Å². The molecule has 1 unspecified atom stereocenters. The molecule has 1 aliphatic carbocycles. The first-order valence-electron chi connectivity index (χ1n) is 8.83. The number of hydrogen-bond acceptors (Lipinski definition) is 4. The van der Waals surface area contributed by atoms with E-state index in [-0.39, 0.29) is 24.0 Å². The Balaban J connectivity index is 1.66. The highest BCUT2D eigenvalue weighted by atomic mass is 16.3. The topological polar surface area (TPSA) is 85.0 Å². The van der Waals surface area contributed by atoms with Crippen molar-refractivity contribution in [1.82, 2.24) is 24.9 Å². The first-order chi connectivity index (χ1) is 12.4. The van der Waals surface area contributed by atoms with Crippen molar-refractivity contribution < 1.29 is 9.90 Å². The van der Waals surface area contributed by atoms with Gasteiger partial charge in [0.05, 0.1) is 23.9 Å². The highest BCUT2D eigenvalue weighted by molar-refractivity contribution is 6.05. The summed E-state index contributed by atoms with van der Waals surface area (Å²) < 4.78 is 3.46. The van der Waals surface area contributed by atoms with Gasteiger partial charge in [-0.05, 0) is 37.8 Å². The van der Waals surface area contributed by atoms with Gasteiger partial charge < -0.3 is 10.4 Å². The van der Waals surface area contributed by atoms with Gasteiger partial charge in [-0.3, -0.25) is 14.2 Å². The van der Waals surface area contributed by atoms with Crippen molar-refractivity contribution in [2.24, 2.45) is 20.0 Å². The first kappa shape index (κ1) is 16.8. The van der Waals surface area contributed by atoms with Crippen LogP contribution in [0.5, 0.6) is 0 Å². The molecule has 0 saturated heterocycles. The van der Waals surface area contributed by atoms with Gasteiger partial charge in [-0.25, -0.2) is 0 Å². The van der Waals surface area contributed by atoms with Crippen LogP contribution < -0.4 is 5.32 Å². The minimum atomic E-state index is -0.283. The molecule has 2 aromatic heterocycles. The molecule has 1 fully saturated rings. The lowest BCUT2D eigenvalue weighted by Crippen LogP contribution is -2.41. The van der Waals surface area contributed by atoms with Gasteiger partial charge in [0, 0.05) is 31.2 Å². The third kappa shape index (κ3) is 2.88. The van der Waals surface area contributed by atoms with Crippen LogP contribution in [0.2, 0.25) is 0 Å². The molecule has 4 rings (SSSR count). The summed E-state index contributed by atoms with van der Waals surface area (Å²) in [6, 6.07) is 5.81. The summed E-state index contributed by atoms with van der Waals surface area (Å²) in [6.45, 7) is 2.00. The van der Waals surface area contributed by atoms with E-state index in [2.05, 4.69) is 15.5 Å². The number of carbonyl (C=O) groups excluding carboxylic acids is 1. The lowest BCUT2D eigenvalue weighted by Gasteiger charge is -2.37. The lowest BCUT2D eigenvalue weighted by atomic mass is 9.75. The summed E-state index contributed by atoms with van der Waals surface area (Å²) >= 11 is 0. The van der Waals surface area contributed by atoms with Gasteiger partial charge >= 0.3 is 0 Å². The van der Waals surface area contributed by atoms with Crippen LogP contribution >= 0.6 is 0 Å². The molecule has 1 atom stereocenters. The minimum absolute atomic E-state index is 0.179. The molecule has 1 amide bonds. The zero-order valence-electron chi connectivity index (χ0n) is 15.2. The number of nitrogens with zero attached hydrogens (tertiary/aromatic N) is 4. The molecule has 1 aromatic carbocycles. The van der Waals surface area contributed by atoms with Crippen molar-refractivity contribution in [3.8, 4) is 0 Å². The number of aryl methyl sites for hydroxylation is 3. The van der Waals surface area contributed by atoms with E-state index in [4.69, 9.17) is 0 Å². The number of aromatic nitrogens is 4. The van der Waals surface area contributed by atoms with Crippen LogP contribution in [-0.4, -0.2) is 36.7 Å². The smallest absolute Gasteiger partial charge is 0.272 e. The number of hydrogen-bond donors (Lipinski definition) is 2. The predicted octanol–water partition coefficient (Wildman–Crippen LogP) is 1.86. The standard InChI is InChI=1S/C19H23N5O2/c1-11-4-5-16-15(6-11)18(22-24(16)3)19(26)21-17(12-7-14(25)8-12)13-9-20-23(2)10-13/h4-6,9-10,12,14,17,25H,7-8H2,1-3H3,(H,21,26). The van der Waals surface area contributed by atoms with Crippen LogP contribution in [-0.2, 0) is 14.1 Å². The highest BCUT2D eigenvalue weighted by Crippen LogP contribution is 2.38. The highest BCUT2D eigenvalue weighted by Gasteiger charge is 2.36. The Bertz CT molecular complexity index is 968. The summed E-state index contributed by atoms with van der Waals surface area (Å²) in [7, 11) is 3.70. The van der Waals surface area contributed by atoms with E-state index in [9.17, 15) is 9.90 Å². The molecule has 26 heavy (non-hydrogen) atoms. The van der Waals surface area contributed by atoms with Crippen LogP contribution in [0.15, 0.2) is 30.6 Å². The Morgan fingerprint density at radius 2 is 2.12 bits per heavy atom. The average molecular weight is 353 g/mol. The van der Waals surface area contributed by atoms with E-state index >= 15 is 0 Å². The van der Waals surface area contributed by atoms with Crippen molar-refractivity contribution in [2.75, 3.05) is 0 Å². The van der Waals surface area contributed by atoms with Gasteiger partial charge in [0.25, 0.3) is 5.91 Å². The fraction of sp³-hybridized carbons (Fsp3) is 0.421. The number of amides is 1. The Morgan fingerprint density at radius 1 is 1.35 bits per heavy atom. The average Bonchev–Trinajstić information content (AvgIpc) is 3.13. The van der Waals surface area contributed by atoms with E-state index < -0.39 is 0 Å². The molecular weight excluding hydrogens is 330 g/mol. The first-order valence-corrected chi connectivity index (χ1v) is 8.83. The summed E-state index contributed by atoms with van der Waals surface area (Å²) in [4.78, 5) is 13.0. The summed E-state index contributed by atoms with van der Waals surface area (Å²) in [5.74, 6) is 0.00584. The van der Waals surface area contributed by atoms with Crippen LogP contribution in [0.3, 0.4) is 0 Å². The molecule has 0 bridgehead atoms. The lowest BCUT2D eigenvalue weighted by molar-refractivity contribution is 0.0234. The number of aliphatic hydroxyl groups is 1. The van der Waals surface area contributed by atoms with E-state index in [1.807, 2.05) is 45.4 Å². The summed E-state index contributed by atoms with van der Waals surface area (Å²) in [6.07, 6.45) is 4.77. The SMILES string of the molecule is Cc1ccc2c(c1)c(C(=O)NC(c1cnn(C)c1)C1CC(O)C1)nn2C. The summed E-state index contributed by atoms with van der Waals surface area (Å²) in [5, 5.41) is 22.3. The summed E-state index contributed by atoms with van der Waals surface area (Å²) in [5.41, 5.74) is 3.40. The van der Waals surface area contributed by atoms with E-state index in [0.29, 0.717) is 18.5 Å². The van der Waals surface area contributed by atoms with E-state index in [1.54, 1.807) is 15.6 Å². The van der Waals surface area contributed by atoms with Crippen molar-refractivity contribution in [2.45, 2.75) is 31.9 Å². The molecule has 2 heterocycles. The molecule has 7 nitrogen and oxygen atoms in total. The van der Waals surface area contributed by atoms with Crippen molar-refractivity contribution in [3.63, 3.8) is 0 Å². The van der Waals surface area contributed by atoms with Crippen LogP contribution in [0.1, 0.15) is 40.5 Å². The number of benzene rings is 1. The van der Waals surface area contributed by atoms with Crippen LogP contribution in [0, 0.1) is 12.8 Å². The van der Waals surface area contributed by atoms with Crippen molar-refractivity contribution >= 4 is 16.8 Å². The second-order valence-electron chi connectivity index (χ2n) is 7.28. The van der Waals surface area contributed by atoms with Gasteiger partial charge in [0.15, 0.2) is 5.69 Å². The fourth-order valence-corrected chi connectivity index (χ4v) is 3.73. The maximum atomic E-state index is 13.0. The normalized spacial score (nSPS) is 20.8. The van der Waals surface area contributed by atoms with Crippen molar-refractivity contribution in [1.29, 1.82) is 0 Å². The third-order valence-electron chi connectivity index (χ3n) is 5.21. The Labute approximate surface area is 151 Å². The molecule has 1 aliphatic rings. The Hall–Kier alpha value is -2.67. The van der Waals surface area contributed by atoms with Gasteiger partial charge in [-0.2, -0.15) is 10.2 Å². The predicted molar refractivity (Wildman–Crippen MR) is 97.6 cm³/mol. The molecule has 2 N–H and O–H groups in total. The number of nitrogens with one attached hydrogen (secondary N) is 1. The maximum Gasteiger partial charge on any atom is 0.272 e. The molecule has 7 heteroatoms. The third-order valence-corrected chi connectivity index (χ3v) is 5.21. The zero-order valence-corrected chi connectivity index (χ0v) is 15.2. The minimum Gasteiger partial charge on any atom is -0.393 e. The molecule has 136 valence electrons. The number of aliphatic hydroxyl groups excluding tert-OH is 1.